The summed E-state index contributed by atoms with van der Waals surface area (Å²) in [5.41, 5.74) is 4.94. The maximum absolute atomic E-state index is 10.5. The first-order valence-electron chi connectivity index (χ1n) is 6.79. The molecular weight excluding hydrogens is 334 g/mol. The fourth-order valence-corrected chi connectivity index (χ4v) is 2.35. The Labute approximate surface area is 136 Å². The maximum Gasteiger partial charge on any atom is 0.321 e. The Morgan fingerprint density at radius 1 is 1.18 bits per heavy atom. The van der Waals surface area contributed by atoms with Gasteiger partial charge in [0, 0.05) is 45.0 Å². The van der Waals surface area contributed by atoms with Gasteiger partial charge in [0.2, 0.25) is 0 Å². The highest BCUT2D eigenvalue weighted by Gasteiger charge is 2.17. The molecule has 1 atom stereocenters. The molecule has 0 aromatic rings. The minimum Gasteiger partial charge on any atom is -0.480 e. The Morgan fingerprint density at radius 2 is 1.64 bits per heavy atom. The summed E-state index contributed by atoms with van der Waals surface area (Å²) in [6.07, 6.45) is 0. The van der Waals surface area contributed by atoms with Crippen molar-refractivity contribution in [2.24, 2.45) is 5.73 Å². The number of hydrogen-bond donors (Lipinski definition) is 5. The standard InChI is InChI=1S/C8H18N2O4S.C3H7NO2S/c11-7-5-9-1-3-10(4-2-9)6-8-15(12,13)14;4-2(1-7)3(5)6/h11H,1-8H2,(H,12,13,14);2,7H,1,4H2,(H,5,6). The molecule has 0 aliphatic carbocycles. The first-order valence-corrected chi connectivity index (χ1v) is 9.03. The lowest BCUT2D eigenvalue weighted by atomic mass is 10.3. The van der Waals surface area contributed by atoms with Gasteiger partial charge in [-0.15, -0.1) is 0 Å². The molecule has 0 aromatic carbocycles. The summed E-state index contributed by atoms with van der Waals surface area (Å²) in [5, 5.41) is 16.7. The molecule has 5 N–H and O–H groups in total. The lowest BCUT2D eigenvalue weighted by Gasteiger charge is -2.33. The number of nitrogens with zero attached hydrogens (tertiary/aromatic N) is 2. The third-order valence-electron chi connectivity index (χ3n) is 3.06. The maximum atomic E-state index is 10.5. The molecule has 1 rings (SSSR count). The summed E-state index contributed by atoms with van der Waals surface area (Å²) in [6.45, 7) is 4.46. The highest BCUT2D eigenvalue weighted by Crippen LogP contribution is 2.01. The van der Waals surface area contributed by atoms with Crippen LogP contribution in [0.2, 0.25) is 0 Å². The van der Waals surface area contributed by atoms with Crippen LogP contribution in [0.3, 0.4) is 0 Å². The molecule has 0 radical (unpaired) electrons. The minimum atomic E-state index is -3.84. The second-order valence-electron chi connectivity index (χ2n) is 4.82. The van der Waals surface area contributed by atoms with Crippen LogP contribution in [0.15, 0.2) is 0 Å². The van der Waals surface area contributed by atoms with Gasteiger partial charge in [-0.3, -0.25) is 19.1 Å². The van der Waals surface area contributed by atoms with Crippen LogP contribution >= 0.6 is 12.6 Å². The number of aliphatic carboxylic acids is 1. The average Bonchev–Trinajstić information content (AvgIpc) is 2.46. The fourth-order valence-electron chi connectivity index (χ4n) is 1.70. The van der Waals surface area contributed by atoms with E-state index in [4.69, 9.17) is 20.5 Å². The van der Waals surface area contributed by atoms with Crippen LogP contribution in [0.25, 0.3) is 0 Å². The second-order valence-corrected chi connectivity index (χ2v) is 6.76. The van der Waals surface area contributed by atoms with Gasteiger partial charge in [-0.25, -0.2) is 0 Å². The Bertz CT molecular complexity index is 412. The Morgan fingerprint density at radius 3 is 1.91 bits per heavy atom. The van der Waals surface area contributed by atoms with Crippen LogP contribution in [-0.4, -0.2) is 102 Å². The lowest BCUT2D eigenvalue weighted by molar-refractivity contribution is -0.137. The van der Waals surface area contributed by atoms with Gasteiger partial charge in [0.15, 0.2) is 0 Å². The van der Waals surface area contributed by atoms with Crippen LogP contribution in [0.1, 0.15) is 0 Å². The third kappa shape index (κ3) is 11.2. The highest BCUT2D eigenvalue weighted by atomic mass is 32.2. The summed E-state index contributed by atoms with van der Waals surface area (Å²) in [5.74, 6) is -1.02. The smallest absolute Gasteiger partial charge is 0.321 e. The van der Waals surface area contributed by atoms with E-state index in [-0.39, 0.29) is 18.1 Å². The molecular formula is C11H25N3O6S2. The van der Waals surface area contributed by atoms with Crippen molar-refractivity contribution in [1.82, 2.24) is 9.80 Å². The largest absolute Gasteiger partial charge is 0.480 e. The Hall–Kier alpha value is -0.430. The number of carboxylic acids is 1. The van der Waals surface area contributed by atoms with Gasteiger partial charge in [0.1, 0.15) is 6.04 Å². The molecule has 1 unspecified atom stereocenters. The van der Waals surface area contributed by atoms with Gasteiger partial charge in [-0.05, 0) is 0 Å². The number of hydrogen-bond acceptors (Lipinski definition) is 8. The second kappa shape index (κ2) is 11.2. The van der Waals surface area contributed by atoms with E-state index in [1.807, 2.05) is 4.90 Å². The van der Waals surface area contributed by atoms with Crippen molar-refractivity contribution >= 4 is 28.7 Å². The number of aliphatic hydroxyl groups is 1. The zero-order chi connectivity index (χ0) is 17.2. The van der Waals surface area contributed by atoms with Crippen molar-refractivity contribution in [3.05, 3.63) is 0 Å². The van der Waals surface area contributed by atoms with Crippen LogP contribution in [0, 0.1) is 0 Å². The van der Waals surface area contributed by atoms with Gasteiger partial charge in [-0.1, -0.05) is 0 Å². The predicted molar refractivity (Wildman–Crippen MR) is 85.8 cm³/mol. The van der Waals surface area contributed by atoms with Gasteiger partial charge in [0.25, 0.3) is 10.1 Å². The van der Waals surface area contributed by atoms with Crippen molar-refractivity contribution < 1.29 is 28.0 Å². The number of carboxylic acid groups (broad SMARTS) is 1. The molecule has 1 heterocycles. The molecule has 22 heavy (non-hydrogen) atoms. The first kappa shape index (κ1) is 21.6. The van der Waals surface area contributed by atoms with Crippen LogP contribution in [0.4, 0.5) is 0 Å². The summed E-state index contributed by atoms with van der Waals surface area (Å²) in [7, 11) is -3.84. The zero-order valence-electron chi connectivity index (χ0n) is 12.3. The number of rotatable bonds is 7. The number of thiol groups is 1. The fraction of sp³-hybridized carbons (Fsp3) is 0.909. The number of aliphatic hydroxyl groups excluding tert-OH is 1. The van der Waals surface area contributed by atoms with E-state index >= 15 is 0 Å². The van der Waals surface area contributed by atoms with Crippen molar-refractivity contribution in [1.29, 1.82) is 0 Å². The zero-order valence-corrected chi connectivity index (χ0v) is 14.0. The monoisotopic (exact) mass is 359 g/mol. The summed E-state index contributed by atoms with van der Waals surface area (Å²) in [6, 6.07) is -0.816. The molecule has 0 spiro atoms. The summed E-state index contributed by atoms with van der Waals surface area (Å²) >= 11 is 3.65. The topological polar surface area (TPSA) is 144 Å². The molecule has 1 saturated heterocycles. The molecule has 1 fully saturated rings. The van der Waals surface area contributed by atoms with E-state index in [9.17, 15) is 13.2 Å². The Balaban J connectivity index is 0.000000534. The Kier molecular flexibility index (Phi) is 10.9. The van der Waals surface area contributed by atoms with Crippen LogP contribution in [-0.2, 0) is 14.9 Å². The average molecular weight is 359 g/mol. The summed E-state index contributed by atoms with van der Waals surface area (Å²) < 4.78 is 29.6. The molecule has 1 aliphatic heterocycles. The molecule has 0 amide bonds. The third-order valence-corrected chi connectivity index (χ3v) is 4.15. The van der Waals surface area contributed by atoms with E-state index in [1.54, 1.807) is 0 Å². The van der Waals surface area contributed by atoms with Crippen molar-refractivity contribution in [3.8, 4) is 0 Å². The van der Waals surface area contributed by atoms with Crippen molar-refractivity contribution in [3.63, 3.8) is 0 Å². The van der Waals surface area contributed by atoms with E-state index in [0.29, 0.717) is 13.1 Å². The molecule has 0 saturated carbocycles. The van der Waals surface area contributed by atoms with Gasteiger partial charge < -0.3 is 15.9 Å². The summed E-state index contributed by atoms with van der Waals surface area (Å²) in [4.78, 5) is 13.9. The van der Waals surface area contributed by atoms with Crippen molar-refractivity contribution in [2.75, 3.05) is 57.4 Å². The van der Waals surface area contributed by atoms with E-state index in [2.05, 4.69) is 17.5 Å². The molecule has 9 nitrogen and oxygen atoms in total. The van der Waals surface area contributed by atoms with Gasteiger partial charge in [-0.2, -0.15) is 21.0 Å². The first-order chi connectivity index (χ1) is 10.2. The normalized spacial score (nSPS) is 18.4. The quantitative estimate of drug-likeness (QED) is 0.253. The molecule has 11 heteroatoms. The SMILES string of the molecule is NC(CS)C(=O)O.O=S(=O)(O)CCN1CCN(CCO)CC1. The molecule has 1 aliphatic rings. The van der Waals surface area contributed by atoms with Crippen LogP contribution < -0.4 is 5.73 Å². The minimum absolute atomic E-state index is 0.158. The highest BCUT2D eigenvalue weighted by molar-refractivity contribution is 7.85. The molecule has 132 valence electrons. The van der Waals surface area contributed by atoms with E-state index < -0.39 is 22.1 Å². The number of piperazine rings is 1. The molecule has 0 aromatic heterocycles. The van der Waals surface area contributed by atoms with Gasteiger partial charge in [0.05, 0.1) is 12.4 Å². The van der Waals surface area contributed by atoms with E-state index in [0.717, 1.165) is 26.2 Å². The lowest BCUT2D eigenvalue weighted by Crippen LogP contribution is -2.48. The van der Waals surface area contributed by atoms with Gasteiger partial charge >= 0.3 is 5.97 Å². The number of nitrogens with two attached hydrogens (primary N) is 1. The predicted octanol–water partition coefficient (Wildman–Crippen LogP) is -2.19. The van der Waals surface area contributed by atoms with Crippen molar-refractivity contribution in [2.45, 2.75) is 6.04 Å². The van der Waals surface area contributed by atoms with Crippen LogP contribution in [0.5, 0.6) is 0 Å². The number of carbonyl (C=O) groups is 1. The van der Waals surface area contributed by atoms with E-state index in [1.165, 1.54) is 0 Å². The molecule has 0 bridgehead atoms. The number of β-amino-alcohol motifs (C(OH)–C–C–N with tert-alkyl or cyclic N) is 1.